The summed E-state index contributed by atoms with van der Waals surface area (Å²) in [4.78, 5) is 4.21. The average Bonchev–Trinajstić information content (AvgIpc) is 2.61. The second-order valence-electron chi connectivity index (χ2n) is 5.37. The minimum absolute atomic E-state index is 0. The summed E-state index contributed by atoms with van der Waals surface area (Å²) < 4.78 is 10.9. The topological polar surface area (TPSA) is 54.9 Å². The van der Waals surface area contributed by atoms with Crippen molar-refractivity contribution in [2.45, 2.75) is 13.5 Å². The molecular formula is C19H26IN3O2. The van der Waals surface area contributed by atoms with E-state index in [9.17, 15) is 0 Å². The fourth-order valence-corrected chi connectivity index (χ4v) is 2.23. The molecule has 5 nitrogen and oxygen atoms in total. The highest BCUT2D eigenvalue weighted by Crippen LogP contribution is 2.12. The highest BCUT2D eigenvalue weighted by Gasteiger charge is 2.00. The first-order valence-electron chi connectivity index (χ1n) is 7.98. The van der Waals surface area contributed by atoms with E-state index in [4.69, 9.17) is 9.47 Å². The van der Waals surface area contributed by atoms with Crippen LogP contribution in [0.25, 0.3) is 0 Å². The molecule has 0 aliphatic rings. The monoisotopic (exact) mass is 455 g/mol. The molecule has 0 saturated carbocycles. The average molecular weight is 455 g/mol. The quantitative estimate of drug-likeness (QED) is 0.291. The Labute approximate surface area is 166 Å². The molecule has 0 aliphatic heterocycles. The van der Waals surface area contributed by atoms with E-state index in [0.717, 1.165) is 23.0 Å². The van der Waals surface area contributed by atoms with Gasteiger partial charge in [0.1, 0.15) is 18.1 Å². The first-order chi connectivity index (χ1) is 11.7. The predicted octanol–water partition coefficient (Wildman–Crippen LogP) is 3.37. The van der Waals surface area contributed by atoms with Crippen LogP contribution in [0, 0.1) is 6.92 Å². The molecule has 2 N–H and O–H groups in total. The minimum Gasteiger partial charge on any atom is -0.497 e. The molecule has 0 unspecified atom stereocenters. The molecule has 0 amide bonds. The van der Waals surface area contributed by atoms with Crippen molar-refractivity contribution in [3.8, 4) is 11.5 Å². The van der Waals surface area contributed by atoms with E-state index in [2.05, 4.69) is 28.6 Å². The highest BCUT2D eigenvalue weighted by atomic mass is 127. The van der Waals surface area contributed by atoms with Gasteiger partial charge >= 0.3 is 0 Å². The summed E-state index contributed by atoms with van der Waals surface area (Å²) in [7, 11) is 3.42. The van der Waals surface area contributed by atoms with Gasteiger partial charge in [-0.25, -0.2) is 0 Å². The normalized spacial score (nSPS) is 10.6. The fourth-order valence-electron chi connectivity index (χ4n) is 2.23. The van der Waals surface area contributed by atoms with Crippen LogP contribution in [0.3, 0.4) is 0 Å². The van der Waals surface area contributed by atoms with Gasteiger partial charge in [0.25, 0.3) is 0 Å². The molecule has 2 rings (SSSR count). The molecule has 0 spiro atoms. The number of benzene rings is 2. The van der Waals surface area contributed by atoms with Crippen molar-refractivity contribution < 1.29 is 9.47 Å². The van der Waals surface area contributed by atoms with Gasteiger partial charge in [-0.2, -0.15) is 0 Å². The Morgan fingerprint density at radius 1 is 1.04 bits per heavy atom. The zero-order valence-electron chi connectivity index (χ0n) is 14.9. The molecule has 0 fully saturated rings. The number of guanidine groups is 1. The maximum Gasteiger partial charge on any atom is 0.191 e. The Balaban J connectivity index is 0.00000312. The number of nitrogens with one attached hydrogen (secondary N) is 2. The van der Waals surface area contributed by atoms with Gasteiger partial charge in [-0.15, -0.1) is 24.0 Å². The smallest absolute Gasteiger partial charge is 0.191 e. The third-order valence-corrected chi connectivity index (χ3v) is 3.47. The third-order valence-electron chi connectivity index (χ3n) is 3.47. The Hall–Kier alpha value is -1.96. The number of aliphatic imine (C=N–C) groups is 1. The van der Waals surface area contributed by atoms with E-state index in [-0.39, 0.29) is 24.0 Å². The molecule has 0 aromatic heterocycles. The lowest BCUT2D eigenvalue weighted by Gasteiger charge is -2.13. The van der Waals surface area contributed by atoms with Gasteiger partial charge in [0.2, 0.25) is 0 Å². The molecule has 0 aliphatic carbocycles. The highest BCUT2D eigenvalue weighted by molar-refractivity contribution is 14.0. The SMILES string of the molecule is CN=C(NCCOc1cccc(C)c1)NCc1cccc(OC)c1.I. The fraction of sp³-hybridized carbons (Fsp3) is 0.316. The van der Waals surface area contributed by atoms with Crippen LogP contribution in [0.5, 0.6) is 11.5 Å². The molecule has 0 heterocycles. The van der Waals surface area contributed by atoms with Crippen molar-refractivity contribution in [3.05, 3.63) is 59.7 Å². The van der Waals surface area contributed by atoms with Crippen molar-refractivity contribution in [3.63, 3.8) is 0 Å². The zero-order chi connectivity index (χ0) is 17.2. The summed E-state index contributed by atoms with van der Waals surface area (Å²) in [6, 6.07) is 16.0. The van der Waals surface area contributed by atoms with E-state index in [1.807, 2.05) is 42.5 Å². The molecule has 0 atom stereocenters. The van der Waals surface area contributed by atoms with E-state index in [0.29, 0.717) is 19.7 Å². The van der Waals surface area contributed by atoms with Crippen LogP contribution in [-0.4, -0.2) is 33.3 Å². The standard InChI is InChI=1S/C19H25N3O2.HI/c1-15-6-4-9-18(12-15)24-11-10-21-19(20-2)22-14-16-7-5-8-17(13-16)23-3;/h4-9,12-13H,10-11,14H2,1-3H3,(H2,20,21,22);1H. The van der Waals surface area contributed by atoms with Crippen molar-refractivity contribution in [1.29, 1.82) is 0 Å². The maximum absolute atomic E-state index is 5.71. The molecule has 2 aromatic rings. The lowest BCUT2D eigenvalue weighted by Crippen LogP contribution is -2.38. The van der Waals surface area contributed by atoms with Crippen LogP contribution in [0.4, 0.5) is 0 Å². The van der Waals surface area contributed by atoms with E-state index in [1.54, 1.807) is 14.2 Å². The van der Waals surface area contributed by atoms with E-state index in [1.165, 1.54) is 5.56 Å². The Bertz CT molecular complexity index is 677. The summed E-state index contributed by atoms with van der Waals surface area (Å²) in [5.41, 5.74) is 2.32. The van der Waals surface area contributed by atoms with Crippen LogP contribution >= 0.6 is 24.0 Å². The molecule has 0 radical (unpaired) electrons. The predicted molar refractivity (Wildman–Crippen MR) is 113 cm³/mol. The van der Waals surface area contributed by atoms with Crippen molar-refractivity contribution >= 4 is 29.9 Å². The van der Waals surface area contributed by atoms with Gasteiger partial charge in [-0.05, 0) is 42.3 Å². The summed E-state index contributed by atoms with van der Waals surface area (Å²) >= 11 is 0. The summed E-state index contributed by atoms with van der Waals surface area (Å²) in [5, 5.41) is 6.51. The number of halogens is 1. The summed E-state index contributed by atoms with van der Waals surface area (Å²) in [6.07, 6.45) is 0. The first-order valence-corrected chi connectivity index (χ1v) is 7.98. The van der Waals surface area contributed by atoms with Gasteiger partial charge in [0.15, 0.2) is 5.96 Å². The number of nitrogens with zero attached hydrogens (tertiary/aromatic N) is 1. The lowest BCUT2D eigenvalue weighted by molar-refractivity contribution is 0.321. The second-order valence-corrected chi connectivity index (χ2v) is 5.37. The Morgan fingerprint density at radius 2 is 1.80 bits per heavy atom. The Morgan fingerprint density at radius 3 is 2.52 bits per heavy atom. The minimum atomic E-state index is 0. The largest absolute Gasteiger partial charge is 0.497 e. The molecule has 136 valence electrons. The molecule has 6 heteroatoms. The van der Waals surface area contributed by atoms with Gasteiger partial charge in [-0.3, -0.25) is 4.99 Å². The van der Waals surface area contributed by atoms with Gasteiger partial charge < -0.3 is 20.1 Å². The number of rotatable bonds is 7. The van der Waals surface area contributed by atoms with Crippen molar-refractivity contribution in [2.75, 3.05) is 27.3 Å². The summed E-state index contributed by atoms with van der Waals surface area (Å²) in [5.74, 6) is 2.48. The molecular weight excluding hydrogens is 429 g/mol. The number of ether oxygens (including phenoxy) is 2. The molecule has 2 aromatic carbocycles. The molecule has 0 saturated heterocycles. The first kappa shape index (κ1) is 21.1. The Kier molecular flexibility index (Phi) is 9.76. The summed E-state index contributed by atoms with van der Waals surface area (Å²) in [6.45, 7) is 3.97. The van der Waals surface area contributed by atoms with Crippen molar-refractivity contribution in [2.24, 2.45) is 4.99 Å². The third kappa shape index (κ3) is 7.64. The van der Waals surface area contributed by atoms with Gasteiger partial charge in [0, 0.05) is 13.6 Å². The number of hydrogen-bond acceptors (Lipinski definition) is 3. The van der Waals surface area contributed by atoms with Crippen LogP contribution in [0.15, 0.2) is 53.5 Å². The van der Waals surface area contributed by atoms with Crippen LogP contribution < -0.4 is 20.1 Å². The van der Waals surface area contributed by atoms with Gasteiger partial charge in [0.05, 0.1) is 13.7 Å². The lowest BCUT2D eigenvalue weighted by atomic mass is 10.2. The number of hydrogen-bond donors (Lipinski definition) is 2. The number of methoxy groups -OCH3 is 1. The molecule has 0 bridgehead atoms. The van der Waals surface area contributed by atoms with Crippen LogP contribution in [0.2, 0.25) is 0 Å². The zero-order valence-corrected chi connectivity index (χ0v) is 17.2. The number of aryl methyl sites for hydroxylation is 1. The van der Waals surface area contributed by atoms with Crippen LogP contribution in [0.1, 0.15) is 11.1 Å². The van der Waals surface area contributed by atoms with E-state index < -0.39 is 0 Å². The van der Waals surface area contributed by atoms with Crippen LogP contribution in [-0.2, 0) is 6.54 Å². The second kappa shape index (κ2) is 11.6. The van der Waals surface area contributed by atoms with Gasteiger partial charge in [-0.1, -0.05) is 24.3 Å². The molecule has 25 heavy (non-hydrogen) atoms. The maximum atomic E-state index is 5.71. The van der Waals surface area contributed by atoms with E-state index >= 15 is 0 Å². The van der Waals surface area contributed by atoms with Crippen molar-refractivity contribution in [1.82, 2.24) is 10.6 Å².